The van der Waals surface area contributed by atoms with Crippen LogP contribution in [0, 0.1) is 0 Å². The Balaban J connectivity index is 3.17. The fraction of sp³-hybridized carbons (Fsp3) is 0.625. The van der Waals surface area contributed by atoms with Gasteiger partial charge in [-0.25, -0.2) is 0 Å². The molecule has 0 spiro atoms. The Morgan fingerprint density at radius 1 is 1.28 bits per heavy atom. The van der Waals surface area contributed by atoms with Crippen LogP contribution in [0.1, 0.15) is 51.2 Å². The average molecular weight is 249 g/mol. The van der Waals surface area contributed by atoms with Gasteiger partial charge in [-0.05, 0) is 42.0 Å². The molecule has 0 fully saturated rings. The third-order valence-corrected chi connectivity index (χ3v) is 3.45. The van der Waals surface area contributed by atoms with Gasteiger partial charge >= 0.3 is 0 Å². The molecule has 1 rings (SSSR count). The monoisotopic (exact) mass is 249 g/mol. The molecule has 0 aliphatic heterocycles. The first-order valence-electron chi connectivity index (χ1n) is 6.77. The molecule has 0 aromatic heterocycles. The highest BCUT2D eigenvalue weighted by Crippen LogP contribution is 2.34. The van der Waals surface area contributed by atoms with E-state index in [1.165, 1.54) is 11.1 Å². The molecule has 18 heavy (non-hydrogen) atoms. The Morgan fingerprint density at radius 3 is 2.39 bits per heavy atom. The lowest BCUT2D eigenvalue weighted by molar-refractivity contribution is 0.397. The highest BCUT2D eigenvalue weighted by atomic mass is 16.5. The zero-order valence-corrected chi connectivity index (χ0v) is 12.6. The molecule has 1 aromatic carbocycles. The topological polar surface area (TPSA) is 21.3 Å². The summed E-state index contributed by atoms with van der Waals surface area (Å²) in [6, 6.07) is 6.61. The number of nitrogens with one attached hydrogen (secondary N) is 1. The first-order chi connectivity index (χ1) is 8.43. The van der Waals surface area contributed by atoms with Crippen LogP contribution in [0.25, 0.3) is 0 Å². The van der Waals surface area contributed by atoms with Gasteiger partial charge in [0.05, 0.1) is 7.11 Å². The van der Waals surface area contributed by atoms with E-state index in [9.17, 15) is 0 Å². The number of ether oxygens (including phenoxy) is 1. The summed E-state index contributed by atoms with van der Waals surface area (Å²) in [6.45, 7) is 9.95. The molecule has 0 aliphatic rings. The summed E-state index contributed by atoms with van der Waals surface area (Å²) in [6.07, 6.45) is 1.15. The number of hydrogen-bond donors (Lipinski definition) is 1. The van der Waals surface area contributed by atoms with Crippen LogP contribution in [-0.4, -0.2) is 20.7 Å². The molecule has 0 amide bonds. The fourth-order valence-corrected chi connectivity index (χ4v) is 2.31. The van der Waals surface area contributed by atoms with E-state index in [0.717, 1.165) is 18.7 Å². The maximum atomic E-state index is 5.48. The summed E-state index contributed by atoms with van der Waals surface area (Å²) in [4.78, 5) is 0. The molecule has 102 valence electrons. The number of benzene rings is 1. The summed E-state index contributed by atoms with van der Waals surface area (Å²) in [5.74, 6) is 1.56. The predicted octanol–water partition coefficient (Wildman–Crippen LogP) is 3.71. The lowest BCUT2D eigenvalue weighted by Crippen LogP contribution is -2.18. The second-order valence-electron chi connectivity index (χ2n) is 5.87. The smallest absolute Gasteiger partial charge is 0.122 e. The van der Waals surface area contributed by atoms with Gasteiger partial charge in [-0.1, -0.05) is 39.8 Å². The number of hydrogen-bond acceptors (Lipinski definition) is 2. The molecule has 0 saturated carbocycles. The summed E-state index contributed by atoms with van der Waals surface area (Å²) in [5, 5.41) is 3.27. The van der Waals surface area contributed by atoms with Crippen molar-refractivity contribution in [2.24, 2.45) is 0 Å². The highest BCUT2D eigenvalue weighted by Gasteiger charge is 2.20. The third-order valence-electron chi connectivity index (χ3n) is 3.45. The minimum absolute atomic E-state index is 0.110. The van der Waals surface area contributed by atoms with Crippen LogP contribution >= 0.6 is 0 Å². The van der Waals surface area contributed by atoms with E-state index in [4.69, 9.17) is 4.74 Å². The molecule has 2 nitrogen and oxygen atoms in total. The second-order valence-corrected chi connectivity index (χ2v) is 5.87. The van der Waals surface area contributed by atoms with Gasteiger partial charge in [-0.3, -0.25) is 0 Å². The van der Waals surface area contributed by atoms with E-state index in [0.29, 0.717) is 5.92 Å². The van der Waals surface area contributed by atoms with Crippen molar-refractivity contribution in [1.29, 1.82) is 0 Å². The van der Waals surface area contributed by atoms with Crippen molar-refractivity contribution in [3.8, 4) is 5.75 Å². The minimum atomic E-state index is 0.110. The van der Waals surface area contributed by atoms with Gasteiger partial charge in [0.1, 0.15) is 5.75 Å². The Kier molecular flexibility index (Phi) is 5.21. The van der Waals surface area contributed by atoms with Gasteiger partial charge < -0.3 is 10.1 Å². The summed E-state index contributed by atoms with van der Waals surface area (Å²) in [5.41, 5.74) is 2.80. The van der Waals surface area contributed by atoms with Crippen LogP contribution in [0.5, 0.6) is 5.75 Å². The number of rotatable bonds is 5. The molecular formula is C16H27NO. The van der Waals surface area contributed by atoms with Gasteiger partial charge in [0.25, 0.3) is 0 Å². The Morgan fingerprint density at radius 2 is 1.94 bits per heavy atom. The normalized spacial score (nSPS) is 13.4. The zero-order chi connectivity index (χ0) is 13.8. The van der Waals surface area contributed by atoms with Gasteiger partial charge in [0.15, 0.2) is 0 Å². The van der Waals surface area contributed by atoms with E-state index >= 15 is 0 Å². The molecule has 1 unspecified atom stereocenters. The van der Waals surface area contributed by atoms with Gasteiger partial charge in [0, 0.05) is 6.54 Å². The largest absolute Gasteiger partial charge is 0.496 e. The van der Waals surface area contributed by atoms with Crippen LogP contribution in [0.15, 0.2) is 18.2 Å². The average Bonchev–Trinajstić information content (AvgIpc) is 2.34. The fourth-order valence-electron chi connectivity index (χ4n) is 2.31. The van der Waals surface area contributed by atoms with Crippen molar-refractivity contribution in [3.05, 3.63) is 29.3 Å². The summed E-state index contributed by atoms with van der Waals surface area (Å²) in [7, 11) is 3.76. The van der Waals surface area contributed by atoms with Crippen LogP contribution in [0.3, 0.4) is 0 Å². The van der Waals surface area contributed by atoms with Crippen LogP contribution in [0.4, 0.5) is 0 Å². The van der Waals surface area contributed by atoms with E-state index in [1.807, 2.05) is 7.05 Å². The van der Waals surface area contributed by atoms with Gasteiger partial charge in [-0.15, -0.1) is 0 Å². The lowest BCUT2D eigenvalue weighted by atomic mass is 9.83. The highest BCUT2D eigenvalue weighted by molar-refractivity contribution is 5.42. The molecule has 0 aliphatic carbocycles. The maximum Gasteiger partial charge on any atom is 0.122 e. The van der Waals surface area contributed by atoms with Crippen molar-refractivity contribution in [3.63, 3.8) is 0 Å². The lowest BCUT2D eigenvalue weighted by Gasteiger charge is -2.25. The molecule has 0 saturated heterocycles. The standard InChI is InChI=1S/C16H27NO/c1-7-12(11-17-5)13-8-9-15(18-6)14(10-13)16(2,3)4/h8-10,12,17H,7,11H2,1-6H3. The predicted molar refractivity (Wildman–Crippen MR) is 78.7 cm³/mol. The number of methoxy groups -OCH3 is 1. The minimum Gasteiger partial charge on any atom is -0.496 e. The quantitative estimate of drug-likeness (QED) is 0.859. The number of likely N-dealkylation sites (N-methyl/N-ethyl adjacent to an activating group) is 1. The Bertz CT molecular complexity index is 379. The molecular weight excluding hydrogens is 222 g/mol. The second kappa shape index (κ2) is 6.24. The first-order valence-corrected chi connectivity index (χ1v) is 6.77. The van der Waals surface area contributed by atoms with E-state index in [-0.39, 0.29) is 5.41 Å². The van der Waals surface area contributed by atoms with Crippen molar-refractivity contribution < 1.29 is 4.74 Å². The van der Waals surface area contributed by atoms with Crippen LogP contribution in [-0.2, 0) is 5.41 Å². The Hall–Kier alpha value is -1.02. The molecule has 0 heterocycles. The van der Waals surface area contributed by atoms with Crippen LogP contribution < -0.4 is 10.1 Å². The molecule has 0 bridgehead atoms. The van der Waals surface area contributed by atoms with E-state index in [1.54, 1.807) is 7.11 Å². The molecule has 1 atom stereocenters. The van der Waals surface area contributed by atoms with Crippen molar-refractivity contribution in [2.45, 2.75) is 45.4 Å². The van der Waals surface area contributed by atoms with E-state index in [2.05, 4.69) is 51.2 Å². The summed E-state index contributed by atoms with van der Waals surface area (Å²) >= 11 is 0. The van der Waals surface area contributed by atoms with Crippen molar-refractivity contribution in [1.82, 2.24) is 5.32 Å². The Labute approximate surface area is 112 Å². The van der Waals surface area contributed by atoms with Gasteiger partial charge in [-0.2, -0.15) is 0 Å². The SMILES string of the molecule is CCC(CNC)c1ccc(OC)c(C(C)(C)C)c1. The first kappa shape index (κ1) is 15.0. The van der Waals surface area contributed by atoms with Gasteiger partial charge in [0.2, 0.25) is 0 Å². The molecule has 0 radical (unpaired) electrons. The molecule has 1 aromatic rings. The third kappa shape index (κ3) is 3.49. The van der Waals surface area contributed by atoms with Crippen molar-refractivity contribution in [2.75, 3.05) is 20.7 Å². The van der Waals surface area contributed by atoms with E-state index < -0.39 is 0 Å². The zero-order valence-electron chi connectivity index (χ0n) is 12.6. The maximum absolute atomic E-state index is 5.48. The molecule has 2 heteroatoms. The van der Waals surface area contributed by atoms with Crippen LogP contribution in [0.2, 0.25) is 0 Å². The molecule has 1 N–H and O–H groups in total. The summed E-state index contributed by atoms with van der Waals surface area (Å²) < 4.78 is 5.48. The van der Waals surface area contributed by atoms with Crippen molar-refractivity contribution >= 4 is 0 Å².